The average Bonchev–Trinajstić information content (AvgIpc) is 1.84. The van der Waals surface area contributed by atoms with Crippen molar-refractivity contribution in [3.63, 3.8) is 0 Å². The van der Waals surface area contributed by atoms with Crippen LogP contribution in [0, 0.1) is 11.8 Å². The fraction of sp³-hybridized carbons (Fsp3) is 0.727. The van der Waals surface area contributed by atoms with E-state index in [0.717, 1.165) is 11.8 Å². The second-order valence-electron chi connectivity index (χ2n) is 4.22. The van der Waals surface area contributed by atoms with E-state index in [2.05, 4.69) is 34.3 Å². The summed E-state index contributed by atoms with van der Waals surface area (Å²) in [5.41, 5.74) is 1.38. The quantitative estimate of drug-likeness (QED) is 0.722. The molecule has 0 aliphatic carbocycles. The summed E-state index contributed by atoms with van der Waals surface area (Å²) < 4.78 is 1.57. The number of hydrogen-bond donors (Lipinski definition) is 0. The van der Waals surface area contributed by atoms with E-state index in [-0.39, 0.29) is 0 Å². The van der Waals surface area contributed by atoms with Gasteiger partial charge in [-0.3, -0.25) is 0 Å². The van der Waals surface area contributed by atoms with E-state index in [0.29, 0.717) is 0 Å². The van der Waals surface area contributed by atoms with Gasteiger partial charge in [-0.2, -0.15) is 0 Å². The first-order valence-electron chi connectivity index (χ1n) is 4.64. The molecule has 0 amide bonds. The number of rotatable bonds is 5. The van der Waals surface area contributed by atoms with Crippen LogP contribution in [0.15, 0.2) is 12.2 Å². The molecule has 0 aliphatic rings. The molecule has 0 rings (SSSR count). The van der Waals surface area contributed by atoms with Crippen molar-refractivity contribution in [1.29, 1.82) is 0 Å². The van der Waals surface area contributed by atoms with Gasteiger partial charge in [0.25, 0.3) is 0 Å². The molecule has 0 radical (unpaired) electrons. The molecule has 0 atom stereocenters. The third kappa shape index (κ3) is 5.89. The predicted molar refractivity (Wildman–Crippen MR) is 53.1 cm³/mol. The molecule has 0 saturated carbocycles. The molecule has 0 nitrogen and oxygen atoms in total. The molecule has 0 saturated heterocycles. The molecule has 0 aromatic carbocycles. The normalized spacial score (nSPS) is 10.8. The van der Waals surface area contributed by atoms with Crippen LogP contribution in [0.3, 0.4) is 0 Å². The van der Waals surface area contributed by atoms with Crippen molar-refractivity contribution in [3.05, 3.63) is 12.2 Å². The molecule has 0 N–H and O–H groups in total. The van der Waals surface area contributed by atoms with E-state index in [1.165, 1.54) is 18.4 Å². The predicted octanol–water partition coefficient (Wildman–Crippen LogP) is 3.35. The van der Waals surface area contributed by atoms with Crippen LogP contribution < -0.4 is 0 Å². The van der Waals surface area contributed by atoms with Gasteiger partial charge in [-0.1, -0.05) is 0 Å². The second-order valence-corrected chi connectivity index (χ2v) is 5.99. The van der Waals surface area contributed by atoms with E-state index < -0.39 is 0 Å². The maximum absolute atomic E-state index is 4.13. The fourth-order valence-electron chi connectivity index (χ4n) is 1.12. The summed E-state index contributed by atoms with van der Waals surface area (Å²) in [5.74, 6) is 1.53. The molecule has 0 aliphatic heterocycles. The average molecular weight is 336 g/mol. The Bertz CT molecular complexity index is 146. The molecule has 0 aromatic rings. The minimum atomic E-state index is 0.749. The first-order chi connectivity index (χ1) is 5.43. The van der Waals surface area contributed by atoms with Crippen molar-refractivity contribution >= 4 is 3.90 Å². The zero-order valence-corrected chi connectivity index (χ0v) is 11.6. The van der Waals surface area contributed by atoms with Crippen LogP contribution in [-0.2, 0) is 19.4 Å². The standard InChI is InChI=1S/C11H20.W/c1-9(2)6-7-11(5)8-10(3)4;/h9-10H,5-6,8H2,1-4H3;. The van der Waals surface area contributed by atoms with Gasteiger partial charge in [-0.15, -0.1) is 0 Å². The van der Waals surface area contributed by atoms with Gasteiger partial charge in [0, 0.05) is 0 Å². The minimum absolute atomic E-state index is 0.749. The Labute approximate surface area is 87.9 Å². The summed E-state index contributed by atoms with van der Waals surface area (Å²) in [6, 6.07) is 0. The Morgan fingerprint density at radius 1 is 1.08 bits per heavy atom. The topological polar surface area (TPSA) is 0 Å². The van der Waals surface area contributed by atoms with Crippen LogP contribution in [-0.4, -0.2) is 3.90 Å². The summed E-state index contributed by atoms with van der Waals surface area (Å²) >= 11 is 1.60. The summed E-state index contributed by atoms with van der Waals surface area (Å²) in [6.45, 7) is 13.2. The van der Waals surface area contributed by atoms with Crippen LogP contribution in [0.2, 0.25) is 0 Å². The van der Waals surface area contributed by atoms with Crippen molar-refractivity contribution < 1.29 is 19.4 Å². The van der Waals surface area contributed by atoms with E-state index >= 15 is 0 Å². The first-order valence-corrected chi connectivity index (χ1v) is 6.11. The van der Waals surface area contributed by atoms with Crippen molar-refractivity contribution in [2.45, 2.75) is 40.5 Å². The molecule has 0 fully saturated rings. The SMILES string of the molecule is C=C(CC(C)C)[C](=[W])CC(C)C. The fourth-order valence-corrected chi connectivity index (χ4v) is 2.62. The molecule has 0 bridgehead atoms. The molecular formula is C11H20W. The Morgan fingerprint density at radius 3 is 1.83 bits per heavy atom. The van der Waals surface area contributed by atoms with Crippen molar-refractivity contribution in [3.8, 4) is 0 Å². The third-order valence-electron chi connectivity index (χ3n) is 1.64. The summed E-state index contributed by atoms with van der Waals surface area (Å²) in [6.07, 6.45) is 2.41. The van der Waals surface area contributed by atoms with E-state index in [4.69, 9.17) is 0 Å². The molecule has 70 valence electrons. The summed E-state index contributed by atoms with van der Waals surface area (Å²) in [7, 11) is 0. The van der Waals surface area contributed by atoms with Gasteiger partial charge in [-0.25, -0.2) is 0 Å². The van der Waals surface area contributed by atoms with Gasteiger partial charge < -0.3 is 0 Å². The molecule has 1 heteroatoms. The molecule has 0 aromatic heterocycles. The summed E-state index contributed by atoms with van der Waals surface area (Å²) in [4.78, 5) is 0. The third-order valence-corrected chi connectivity index (χ3v) is 3.28. The van der Waals surface area contributed by atoms with Gasteiger partial charge in [0.15, 0.2) is 0 Å². The van der Waals surface area contributed by atoms with Crippen molar-refractivity contribution in [1.82, 2.24) is 0 Å². The Kier molecular flexibility index (Phi) is 6.01. The molecule has 0 spiro atoms. The second kappa shape index (κ2) is 5.86. The van der Waals surface area contributed by atoms with E-state index in [1.807, 2.05) is 0 Å². The Hall–Kier alpha value is 0.298. The van der Waals surface area contributed by atoms with Gasteiger partial charge in [0.05, 0.1) is 0 Å². The maximum atomic E-state index is 4.13. The van der Waals surface area contributed by atoms with Crippen molar-refractivity contribution in [2.24, 2.45) is 11.8 Å². The van der Waals surface area contributed by atoms with Crippen LogP contribution >= 0.6 is 0 Å². The zero-order valence-electron chi connectivity index (χ0n) is 8.68. The molecule has 12 heavy (non-hydrogen) atoms. The van der Waals surface area contributed by atoms with Crippen LogP contribution in [0.25, 0.3) is 0 Å². The molecule has 0 unspecified atom stereocenters. The van der Waals surface area contributed by atoms with E-state index in [1.54, 1.807) is 23.3 Å². The van der Waals surface area contributed by atoms with Gasteiger partial charge in [-0.05, 0) is 0 Å². The van der Waals surface area contributed by atoms with Crippen LogP contribution in [0.1, 0.15) is 40.5 Å². The number of allylic oxidation sites excluding steroid dienone is 1. The number of hydrogen-bond acceptors (Lipinski definition) is 0. The Morgan fingerprint density at radius 2 is 1.50 bits per heavy atom. The van der Waals surface area contributed by atoms with Crippen LogP contribution in [0.5, 0.6) is 0 Å². The molecule has 0 heterocycles. The monoisotopic (exact) mass is 336 g/mol. The van der Waals surface area contributed by atoms with Gasteiger partial charge in [0.1, 0.15) is 0 Å². The molecular weight excluding hydrogens is 316 g/mol. The van der Waals surface area contributed by atoms with Gasteiger partial charge >= 0.3 is 87.8 Å². The zero-order chi connectivity index (χ0) is 9.72. The first kappa shape index (κ1) is 12.3. The Balaban J connectivity index is 3.86. The van der Waals surface area contributed by atoms with E-state index in [9.17, 15) is 0 Å². The van der Waals surface area contributed by atoms with Crippen molar-refractivity contribution in [2.75, 3.05) is 0 Å². The summed E-state index contributed by atoms with van der Waals surface area (Å²) in [5, 5.41) is 0. The van der Waals surface area contributed by atoms with Crippen LogP contribution in [0.4, 0.5) is 0 Å². The van der Waals surface area contributed by atoms with Gasteiger partial charge in [0.2, 0.25) is 0 Å².